The van der Waals surface area contributed by atoms with Gasteiger partial charge in [-0.3, -0.25) is 0 Å². The molecule has 0 atom stereocenters. The second-order valence-electron chi connectivity index (χ2n) is 10.7. The minimum Gasteiger partial charge on any atom is -0.493 e. The molecule has 0 bridgehead atoms. The summed E-state index contributed by atoms with van der Waals surface area (Å²) in [5.74, 6) is -0.150. The Hall–Kier alpha value is -2.55. The summed E-state index contributed by atoms with van der Waals surface area (Å²) in [6.45, 7) is 12.1. The fraction of sp³-hybridized carbons (Fsp3) is 0.500. The predicted molar refractivity (Wildman–Crippen MR) is 137 cm³/mol. The van der Waals surface area contributed by atoms with Gasteiger partial charge in [0.05, 0.1) is 6.61 Å². The molecule has 0 aliphatic heterocycles. The van der Waals surface area contributed by atoms with Crippen LogP contribution in [0.1, 0.15) is 102 Å². The maximum Gasteiger partial charge on any atom is 0.328 e. The van der Waals surface area contributed by atoms with Crippen molar-refractivity contribution in [3.8, 4) is 5.75 Å². The molecule has 1 aliphatic carbocycles. The zero-order valence-corrected chi connectivity index (χ0v) is 21.0. The van der Waals surface area contributed by atoms with Gasteiger partial charge in [0.15, 0.2) is 0 Å². The molecule has 0 spiro atoms. The van der Waals surface area contributed by atoms with E-state index in [0.29, 0.717) is 12.2 Å². The van der Waals surface area contributed by atoms with Crippen LogP contribution in [-0.2, 0) is 15.6 Å². The zero-order valence-electron chi connectivity index (χ0n) is 21.0. The fourth-order valence-corrected chi connectivity index (χ4v) is 4.87. The quantitative estimate of drug-likeness (QED) is 0.297. The predicted octanol–water partition coefficient (Wildman–Crippen LogP) is 7.90. The molecule has 0 saturated heterocycles. The molecular formula is C30H40O3. The largest absolute Gasteiger partial charge is 0.493 e. The molecular weight excluding hydrogens is 408 g/mol. The number of hydrogen-bond donors (Lipinski definition) is 1. The highest BCUT2D eigenvalue weighted by molar-refractivity contribution is 5.96. The Kier molecular flexibility index (Phi) is 8.05. The molecule has 2 aromatic carbocycles. The standard InChI is InChI=1S/C30H40O3/c1-6-7-8-9-13-18-33-27-21-26-25(29(2,3)16-17-30(26,4)5)19-24(27)23(20-28(31)32)22-14-11-10-12-15-22/h10-12,14-15,19-21H,6-9,13,16-18H2,1-5H3,(H,31,32). The lowest BCUT2D eigenvalue weighted by atomic mass is 9.62. The number of hydrogen-bond acceptors (Lipinski definition) is 2. The first-order valence-electron chi connectivity index (χ1n) is 12.5. The average Bonchev–Trinajstić information content (AvgIpc) is 2.78. The van der Waals surface area contributed by atoms with Crippen LogP contribution in [0.25, 0.3) is 5.57 Å². The van der Waals surface area contributed by atoms with Crippen LogP contribution in [0.5, 0.6) is 5.75 Å². The SMILES string of the molecule is CCCCCCCOc1cc2c(cc1C(=CC(=O)O)c1ccccc1)C(C)(C)CCC2(C)C. The van der Waals surface area contributed by atoms with Gasteiger partial charge >= 0.3 is 5.97 Å². The van der Waals surface area contributed by atoms with Crippen molar-refractivity contribution in [3.05, 3.63) is 70.8 Å². The maximum absolute atomic E-state index is 11.8. The summed E-state index contributed by atoms with van der Waals surface area (Å²) in [6.07, 6.45) is 9.43. The molecule has 3 heteroatoms. The fourth-order valence-electron chi connectivity index (χ4n) is 4.87. The molecule has 2 aromatic rings. The van der Waals surface area contributed by atoms with Gasteiger partial charge < -0.3 is 9.84 Å². The first kappa shape index (κ1) is 25.1. The Labute approximate surface area is 199 Å². The van der Waals surface area contributed by atoms with Crippen LogP contribution in [0.3, 0.4) is 0 Å². The number of carboxylic acid groups (broad SMARTS) is 1. The topological polar surface area (TPSA) is 46.5 Å². The van der Waals surface area contributed by atoms with Gasteiger partial charge in [-0.15, -0.1) is 0 Å². The number of benzene rings is 2. The monoisotopic (exact) mass is 448 g/mol. The highest BCUT2D eigenvalue weighted by Crippen LogP contribution is 2.49. The molecule has 3 rings (SSSR count). The third kappa shape index (κ3) is 6.07. The van der Waals surface area contributed by atoms with Gasteiger partial charge in [-0.2, -0.15) is 0 Å². The lowest BCUT2D eigenvalue weighted by Gasteiger charge is -2.42. The molecule has 0 unspecified atom stereocenters. The van der Waals surface area contributed by atoms with Gasteiger partial charge in [0.1, 0.15) is 5.75 Å². The van der Waals surface area contributed by atoms with E-state index in [4.69, 9.17) is 4.74 Å². The van der Waals surface area contributed by atoms with Gasteiger partial charge in [-0.25, -0.2) is 4.79 Å². The van der Waals surface area contributed by atoms with Crippen molar-refractivity contribution in [1.82, 2.24) is 0 Å². The van der Waals surface area contributed by atoms with Crippen molar-refractivity contribution in [1.29, 1.82) is 0 Å². The zero-order chi connectivity index (χ0) is 24.1. The molecule has 0 heterocycles. The van der Waals surface area contributed by atoms with Crippen LogP contribution in [-0.4, -0.2) is 17.7 Å². The van der Waals surface area contributed by atoms with Crippen LogP contribution in [0.2, 0.25) is 0 Å². The highest BCUT2D eigenvalue weighted by atomic mass is 16.5. The van der Waals surface area contributed by atoms with Crippen LogP contribution >= 0.6 is 0 Å². The Balaban J connectivity index is 2.10. The minimum atomic E-state index is -0.948. The van der Waals surface area contributed by atoms with Crippen LogP contribution < -0.4 is 4.74 Å². The second kappa shape index (κ2) is 10.6. The minimum absolute atomic E-state index is 0.0311. The summed E-state index contributed by atoms with van der Waals surface area (Å²) in [4.78, 5) is 11.8. The van der Waals surface area contributed by atoms with E-state index < -0.39 is 5.97 Å². The van der Waals surface area contributed by atoms with E-state index in [0.717, 1.165) is 42.6 Å². The average molecular weight is 449 g/mol. The van der Waals surface area contributed by atoms with E-state index in [9.17, 15) is 9.90 Å². The summed E-state index contributed by atoms with van der Waals surface area (Å²) in [5.41, 5.74) is 5.19. The molecule has 1 aliphatic rings. The highest BCUT2D eigenvalue weighted by Gasteiger charge is 2.38. The van der Waals surface area contributed by atoms with Gasteiger partial charge in [0, 0.05) is 11.6 Å². The van der Waals surface area contributed by atoms with Crippen LogP contribution in [0, 0.1) is 0 Å². The van der Waals surface area contributed by atoms with Crippen molar-refractivity contribution in [2.45, 2.75) is 90.4 Å². The lowest BCUT2D eigenvalue weighted by molar-refractivity contribution is -0.131. The molecule has 178 valence electrons. The molecule has 3 nitrogen and oxygen atoms in total. The van der Waals surface area contributed by atoms with Crippen molar-refractivity contribution >= 4 is 11.5 Å². The third-order valence-corrected chi connectivity index (χ3v) is 7.10. The van der Waals surface area contributed by atoms with E-state index in [1.165, 1.54) is 36.5 Å². The summed E-state index contributed by atoms with van der Waals surface area (Å²) < 4.78 is 6.40. The first-order chi connectivity index (χ1) is 15.7. The third-order valence-electron chi connectivity index (χ3n) is 7.10. The maximum atomic E-state index is 11.8. The molecule has 1 N–H and O–H groups in total. The molecule has 33 heavy (non-hydrogen) atoms. The van der Waals surface area contributed by atoms with E-state index in [1.54, 1.807) is 0 Å². The number of aliphatic carboxylic acids is 1. The molecule has 0 saturated carbocycles. The van der Waals surface area contributed by atoms with Gasteiger partial charge in [-0.05, 0) is 64.5 Å². The van der Waals surface area contributed by atoms with Crippen molar-refractivity contribution in [2.75, 3.05) is 6.61 Å². The van der Waals surface area contributed by atoms with E-state index in [1.807, 2.05) is 30.3 Å². The Morgan fingerprint density at radius 3 is 2.15 bits per heavy atom. The Bertz CT molecular complexity index is 983. The number of carbonyl (C=O) groups is 1. The molecule has 0 aromatic heterocycles. The summed E-state index contributed by atoms with van der Waals surface area (Å²) in [7, 11) is 0. The number of ether oxygens (including phenoxy) is 1. The van der Waals surface area contributed by atoms with Crippen molar-refractivity contribution < 1.29 is 14.6 Å². The van der Waals surface area contributed by atoms with E-state index in [2.05, 4.69) is 46.8 Å². The Morgan fingerprint density at radius 1 is 0.939 bits per heavy atom. The van der Waals surface area contributed by atoms with Gasteiger partial charge in [0.25, 0.3) is 0 Å². The Morgan fingerprint density at radius 2 is 1.55 bits per heavy atom. The lowest BCUT2D eigenvalue weighted by Crippen LogP contribution is -2.34. The van der Waals surface area contributed by atoms with E-state index in [-0.39, 0.29) is 10.8 Å². The number of carboxylic acids is 1. The van der Waals surface area contributed by atoms with Crippen molar-refractivity contribution in [2.24, 2.45) is 0 Å². The number of unbranched alkanes of at least 4 members (excludes halogenated alkanes) is 4. The molecule has 0 radical (unpaired) electrons. The van der Waals surface area contributed by atoms with Gasteiger partial charge in [-0.1, -0.05) is 90.6 Å². The summed E-state index contributed by atoms with van der Waals surface area (Å²) in [5, 5.41) is 9.70. The van der Waals surface area contributed by atoms with Crippen LogP contribution in [0.4, 0.5) is 0 Å². The van der Waals surface area contributed by atoms with E-state index >= 15 is 0 Å². The summed E-state index contributed by atoms with van der Waals surface area (Å²) in [6, 6.07) is 14.2. The summed E-state index contributed by atoms with van der Waals surface area (Å²) >= 11 is 0. The number of rotatable bonds is 10. The smallest absolute Gasteiger partial charge is 0.328 e. The second-order valence-corrected chi connectivity index (χ2v) is 10.7. The molecule has 0 fully saturated rings. The van der Waals surface area contributed by atoms with Crippen LogP contribution in [0.15, 0.2) is 48.5 Å². The molecule has 0 amide bonds. The normalized spacial score (nSPS) is 16.8. The first-order valence-corrected chi connectivity index (χ1v) is 12.5. The van der Waals surface area contributed by atoms with Crippen molar-refractivity contribution in [3.63, 3.8) is 0 Å². The van der Waals surface area contributed by atoms with Gasteiger partial charge in [0.2, 0.25) is 0 Å². The number of fused-ring (bicyclic) bond motifs is 1.